The molecule has 27 heavy (non-hydrogen) atoms. The van der Waals surface area contributed by atoms with Crippen LogP contribution in [-0.4, -0.2) is 6.54 Å². The highest BCUT2D eigenvalue weighted by Crippen LogP contribution is 2.33. The van der Waals surface area contributed by atoms with Crippen molar-refractivity contribution in [1.29, 1.82) is 0 Å². The van der Waals surface area contributed by atoms with Crippen LogP contribution in [0.25, 0.3) is 16.7 Å². The molecular weight excluding hydrogens is 333 g/mol. The van der Waals surface area contributed by atoms with Gasteiger partial charge in [0.05, 0.1) is 0 Å². The molecule has 0 aliphatic heterocycles. The number of benzene rings is 2. The zero-order valence-electron chi connectivity index (χ0n) is 17.7. The van der Waals surface area contributed by atoms with Gasteiger partial charge in [0.1, 0.15) is 5.82 Å². The molecule has 0 aliphatic rings. The summed E-state index contributed by atoms with van der Waals surface area (Å²) in [5.74, 6) is 0.294. The third-order valence-electron chi connectivity index (χ3n) is 4.27. The molecule has 146 valence electrons. The molecule has 2 heteroatoms. The van der Waals surface area contributed by atoms with Gasteiger partial charge in [-0.05, 0) is 77.8 Å². The molecule has 0 bridgehead atoms. The molecule has 0 saturated carbocycles. The van der Waals surface area contributed by atoms with Crippen LogP contribution >= 0.6 is 0 Å². The van der Waals surface area contributed by atoms with Gasteiger partial charge in [-0.2, -0.15) is 0 Å². The second-order valence-electron chi connectivity index (χ2n) is 7.13. The zero-order valence-corrected chi connectivity index (χ0v) is 17.7. The standard InChI is InChI=1S/C23H27F.C2H7N/c1-7-18(11-15(3)4)21-12-16(5)13-22(20(21)8-2)19-10-9-17(6)23(24)14-19;1-2-3/h7,9-15H,1,8H2,2-6H3;2-3H2,1H3/b18-11+;. The Bertz CT molecular complexity index is 800. The van der Waals surface area contributed by atoms with E-state index in [1.165, 1.54) is 16.7 Å². The van der Waals surface area contributed by atoms with Crippen molar-refractivity contribution in [3.05, 3.63) is 77.1 Å². The van der Waals surface area contributed by atoms with Gasteiger partial charge in [0.2, 0.25) is 0 Å². The average Bonchev–Trinajstić information content (AvgIpc) is 2.61. The molecule has 0 radical (unpaired) electrons. The maximum atomic E-state index is 14.1. The van der Waals surface area contributed by atoms with Gasteiger partial charge < -0.3 is 5.73 Å². The summed E-state index contributed by atoms with van der Waals surface area (Å²) in [6, 6.07) is 9.87. The molecule has 0 fully saturated rings. The van der Waals surface area contributed by atoms with Crippen molar-refractivity contribution in [3.63, 3.8) is 0 Å². The monoisotopic (exact) mass is 367 g/mol. The Morgan fingerprint density at radius 1 is 1.15 bits per heavy atom. The maximum absolute atomic E-state index is 14.1. The summed E-state index contributed by atoms with van der Waals surface area (Å²) in [4.78, 5) is 0. The van der Waals surface area contributed by atoms with E-state index in [0.29, 0.717) is 11.5 Å². The molecule has 0 atom stereocenters. The van der Waals surface area contributed by atoms with Gasteiger partial charge in [-0.25, -0.2) is 4.39 Å². The van der Waals surface area contributed by atoms with Crippen molar-refractivity contribution in [2.24, 2.45) is 11.7 Å². The summed E-state index contributed by atoms with van der Waals surface area (Å²) in [5, 5.41) is 0. The SMILES string of the molecule is C=C/C(=C\C(C)C)c1cc(C)cc(-c2ccc(C)c(F)c2)c1CC.CCN. The fourth-order valence-corrected chi connectivity index (χ4v) is 3.10. The maximum Gasteiger partial charge on any atom is 0.126 e. The lowest BCUT2D eigenvalue weighted by Crippen LogP contribution is -1.98. The Hall–Kier alpha value is -2.19. The Labute approximate surface area is 164 Å². The van der Waals surface area contributed by atoms with Crippen molar-refractivity contribution in [3.8, 4) is 11.1 Å². The number of rotatable bonds is 5. The van der Waals surface area contributed by atoms with Gasteiger partial charge in [-0.3, -0.25) is 0 Å². The van der Waals surface area contributed by atoms with Crippen LogP contribution < -0.4 is 5.73 Å². The molecule has 2 aromatic carbocycles. The molecule has 2 N–H and O–H groups in total. The van der Waals surface area contributed by atoms with Crippen LogP contribution in [0.5, 0.6) is 0 Å². The predicted octanol–water partition coefficient (Wildman–Crippen LogP) is 6.86. The van der Waals surface area contributed by atoms with Crippen molar-refractivity contribution in [2.45, 2.75) is 48.0 Å². The third kappa shape index (κ3) is 6.18. The van der Waals surface area contributed by atoms with Crippen LogP contribution in [0, 0.1) is 25.6 Å². The molecule has 0 spiro atoms. The fraction of sp³-hybridized carbons (Fsp3) is 0.360. The topological polar surface area (TPSA) is 26.0 Å². The second kappa shape index (κ2) is 10.8. The first kappa shape index (κ1) is 22.9. The number of halogens is 1. The predicted molar refractivity (Wildman–Crippen MR) is 118 cm³/mol. The highest BCUT2D eigenvalue weighted by molar-refractivity contribution is 5.82. The Morgan fingerprint density at radius 3 is 2.26 bits per heavy atom. The first-order valence-electron chi connectivity index (χ1n) is 9.73. The normalized spacial score (nSPS) is 11.2. The van der Waals surface area contributed by atoms with Crippen LogP contribution in [0.1, 0.15) is 49.9 Å². The highest BCUT2D eigenvalue weighted by Gasteiger charge is 2.13. The average molecular weight is 368 g/mol. The number of aryl methyl sites for hydroxylation is 2. The first-order chi connectivity index (χ1) is 12.8. The van der Waals surface area contributed by atoms with E-state index in [1.54, 1.807) is 13.0 Å². The van der Waals surface area contributed by atoms with E-state index >= 15 is 0 Å². The molecule has 0 aromatic heterocycles. The highest BCUT2D eigenvalue weighted by atomic mass is 19.1. The Balaban J connectivity index is 0.00000114. The summed E-state index contributed by atoms with van der Waals surface area (Å²) in [6.07, 6.45) is 5.05. The van der Waals surface area contributed by atoms with E-state index in [0.717, 1.165) is 29.7 Å². The van der Waals surface area contributed by atoms with Crippen LogP contribution in [0.2, 0.25) is 0 Å². The quantitative estimate of drug-likeness (QED) is 0.574. The van der Waals surface area contributed by atoms with Crippen molar-refractivity contribution < 1.29 is 4.39 Å². The minimum absolute atomic E-state index is 0.153. The molecule has 0 heterocycles. The molecule has 0 aliphatic carbocycles. The van der Waals surface area contributed by atoms with E-state index in [2.05, 4.69) is 52.5 Å². The molecule has 2 aromatic rings. The van der Waals surface area contributed by atoms with Crippen LogP contribution in [0.15, 0.2) is 49.1 Å². The van der Waals surface area contributed by atoms with E-state index in [9.17, 15) is 4.39 Å². The van der Waals surface area contributed by atoms with Gasteiger partial charge in [0.15, 0.2) is 0 Å². The number of hydrogen-bond donors (Lipinski definition) is 1. The smallest absolute Gasteiger partial charge is 0.126 e. The van der Waals surface area contributed by atoms with E-state index in [-0.39, 0.29) is 5.82 Å². The Kier molecular flexibility index (Phi) is 9.17. The van der Waals surface area contributed by atoms with Gasteiger partial charge in [-0.15, -0.1) is 0 Å². The van der Waals surface area contributed by atoms with E-state index < -0.39 is 0 Å². The largest absolute Gasteiger partial charge is 0.331 e. The molecule has 0 unspecified atom stereocenters. The zero-order chi connectivity index (χ0) is 20.6. The molecular formula is C25H34FN. The summed E-state index contributed by atoms with van der Waals surface area (Å²) < 4.78 is 14.1. The van der Waals surface area contributed by atoms with Gasteiger partial charge in [0, 0.05) is 0 Å². The molecule has 2 rings (SSSR count). The van der Waals surface area contributed by atoms with Crippen LogP contribution in [0.3, 0.4) is 0 Å². The van der Waals surface area contributed by atoms with Crippen molar-refractivity contribution >= 4 is 5.57 Å². The number of nitrogens with two attached hydrogens (primary N) is 1. The molecule has 0 amide bonds. The van der Waals surface area contributed by atoms with Gasteiger partial charge in [-0.1, -0.05) is 70.7 Å². The lowest BCUT2D eigenvalue weighted by Gasteiger charge is -2.17. The van der Waals surface area contributed by atoms with E-state index in [4.69, 9.17) is 5.73 Å². The lowest BCUT2D eigenvalue weighted by molar-refractivity contribution is 0.619. The lowest BCUT2D eigenvalue weighted by atomic mass is 9.87. The van der Waals surface area contributed by atoms with Crippen LogP contribution in [-0.2, 0) is 6.42 Å². The van der Waals surface area contributed by atoms with Gasteiger partial charge in [0.25, 0.3) is 0 Å². The van der Waals surface area contributed by atoms with Gasteiger partial charge >= 0.3 is 0 Å². The molecule has 1 nitrogen and oxygen atoms in total. The molecule has 0 saturated heterocycles. The number of hydrogen-bond acceptors (Lipinski definition) is 1. The first-order valence-corrected chi connectivity index (χ1v) is 9.73. The van der Waals surface area contributed by atoms with Crippen molar-refractivity contribution in [2.75, 3.05) is 6.54 Å². The number of allylic oxidation sites excluding steroid dienone is 3. The minimum atomic E-state index is -0.153. The minimum Gasteiger partial charge on any atom is -0.331 e. The fourth-order valence-electron chi connectivity index (χ4n) is 3.10. The summed E-state index contributed by atoms with van der Waals surface area (Å²) in [6.45, 7) is 17.0. The van der Waals surface area contributed by atoms with Crippen molar-refractivity contribution in [1.82, 2.24) is 0 Å². The Morgan fingerprint density at radius 2 is 1.78 bits per heavy atom. The summed E-state index contributed by atoms with van der Waals surface area (Å²) in [7, 11) is 0. The van der Waals surface area contributed by atoms with Crippen LogP contribution in [0.4, 0.5) is 4.39 Å². The van der Waals surface area contributed by atoms with E-state index in [1.807, 2.05) is 25.1 Å². The third-order valence-corrected chi connectivity index (χ3v) is 4.27. The summed E-state index contributed by atoms with van der Waals surface area (Å²) >= 11 is 0. The summed E-state index contributed by atoms with van der Waals surface area (Å²) in [5.41, 5.74) is 12.4. The second-order valence-corrected chi connectivity index (χ2v) is 7.13.